The third kappa shape index (κ3) is 6.29. The average molecular weight is 485 g/mol. The molecule has 2 fully saturated rings. The van der Waals surface area contributed by atoms with Crippen LogP contribution in [-0.2, 0) is 4.79 Å². The number of ether oxygens (including phenoxy) is 1. The summed E-state index contributed by atoms with van der Waals surface area (Å²) in [5.74, 6) is -0.347. The maximum atomic E-state index is 12.5. The van der Waals surface area contributed by atoms with E-state index in [9.17, 15) is 14.4 Å². The lowest BCUT2D eigenvalue weighted by Crippen LogP contribution is -2.34. The topological polar surface area (TPSA) is 105 Å². The Labute approximate surface area is 203 Å². The quantitative estimate of drug-likeness (QED) is 0.457. The first-order valence-corrected chi connectivity index (χ1v) is 12.1. The van der Waals surface area contributed by atoms with Gasteiger partial charge in [0.1, 0.15) is 5.75 Å². The van der Waals surface area contributed by atoms with Crippen molar-refractivity contribution in [2.24, 2.45) is 5.92 Å². The van der Waals surface area contributed by atoms with E-state index < -0.39 is 5.97 Å². The van der Waals surface area contributed by atoms with Crippen molar-refractivity contribution in [2.75, 3.05) is 13.1 Å². The minimum Gasteiger partial charge on any atom is -0.490 e. The fraction of sp³-hybridized carbons (Fsp3) is 0.423. The molecule has 0 atom stereocenters. The van der Waals surface area contributed by atoms with Gasteiger partial charge >= 0.3 is 5.97 Å². The third-order valence-electron chi connectivity index (χ3n) is 6.43. The van der Waals surface area contributed by atoms with Crippen molar-refractivity contribution in [3.8, 4) is 5.75 Å². The number of aliphatic carboxylic acids is 1. The van der Waals surface area contributed by atoms with Crippen molar-refractivity contribution in [3.05, 3.63) is 64.2 Å². The van der Waals surface area contributed by atoms with Crippen LogP contribution in [0.5, 0.6) is 5.75 Å². The average Bonchev–Trinajstić information content (AvgIpc) is 3.68. The standard InChI is InChI=1S/C26H29ClN2O5/c27-23-15-21(34-20-9-7-19(8-10-20)26(32)33)11-12-22(23)25(31)29-14-13-28-24(30)18-5-3-17(4-6-18)16-1-2-16/h3-6,11-12,15-16,19-20H,1-2,7-10,13-14H2,(H,28,30)(H,29,31)(H,32,33). The molecule has 2 aliphatic rings. The molecule has 0 aromatic heterocycles. The van der Waals surface area contributed by atoms with Crippen LogP contribution in [0.25, 0.3) is 0 Å². The Bertz CT molecular complexity index is 1040. The zero-order valence-corrected chi connectivity index (χ0v) is 19.6. The molecule has 0 spiro atoms. The third-order valence-corrected chi connectivity index (χ3v) is 6.74. The van der Waals surface area contributed by atoms with E-state index in [2.05, 4.69) is 10.6 Å². The van der Waals surface area contributed by atoms with E-state index >= 15 is 0 Å². The van der Waals surface area contributed by atoms with E-state index in [1.807, 2.05) is 24.3 Å². The largest absolute Gasteiger partial charge is 0.490 e. The first-order valence-electron chi connectivity index (χ1n) is 11.8. The SMILES string of the molecule is O=C(NCCNC(=O)c1ccc(OC2CCC(C(=O)O)CC2)cc1Cl)c1ccc(C2CC2)cc1. The summed E-state index contributed by atoms with van der Waals surface area (Å²) >= 11 is 6.30. The van der Waals surface area contributed by atoms with Gasteiger partial charge in [0.2, 0.25) is 0 Å². The summed E-state index contributed by atoms with van der Waals surface area (Å²) in [5, 5.41) is 14.9. The van der Waals surface area contributed by atoms with Gasteiger partial charge in [-0.1, -0.05) is 23.7 Å². The molecule has 3 N–H and O–H groups in total. The molecule has 8 heteroatoms. The van der Waals surface area contributed by atoms with Gasteiger partial charge in [0.15, 0.2) is 0 Å². The molecule has 2 saturated carbocycles. The van der Waals surface area contributed by atoms with Gasteiger partial charge in [-0.05, 0) is 80.3 Å². The lowest BCUT2D eigenvalue weighted by atomic mass is 9.87. The Morgan fingerprint density at radius 1 is 0.882 bits per heavy atom. The molecular weight excluding hydrogens is 456 g/mol. The van der Waals surface area contributed by atoms with E-state index in [0.29, 0.717) is 55.0 Å². The maximum Gasteiger partial charge on any atom is 0.306 e. The Balaban J connectivity index is 1.20. The highest BCUT2D eigenvalue weighted by atomic mass is 35.5. The summed E-state index contributed by atoms with van der Waals surface area (Å²) in [6.07, 6.45) is 4.92. The van der Waals surface area contributed by atoms with Gasteiger partial charge in [0.25, 0.3) is 11.8 Å². The van der Waals surface area contributed by atoms with Crippen molar-refractivity contribution < 1.29 is 24.2 Å². The predicted molar refractivity (Wildman–Crippen MR) is 129 cm³/mol. The highest BCUT2D eigenvalue weighted by molar-refractivity contribution is 6.34. The first kappa shape index (κ1) is 24.1. The summed E-state index contributed by atoms with van der Waals surface area (Å²) in [7, 11) is 0. The number of carbonyl (C=O) groups excluding carboxylic acids is 2. The molecule has 34 heavy (non-hydrogen) atoms. The van der Waals surface area contributed by atoms with Gasteiger partial charge in [-0.3, -0.25) is 14.4 Å². The highest BCUT2D eigenvalue weighted by Crippen LogP contribution is 2.39. The maximum absolute atomic E-state index is 12.5. The lowest BCUT2D eigenvalue weighted by Gasteiger charge is -2.26. The molecule has 180 valence electrons. The summed E-state index contributed by atoms with van der Waals surface area (Å²) in [6, 6.07) is 12.6. The van der Waals surface area contributed by atoms with Gasteiger partial charge in [-0.25, -0.2) is 0 Å². The van der Waals surface area contributed by atoms with Crippen molar-refractivity contribution >= 4 is 29.4 Å². The molecule has 0 saturated heterocycles. The van der Waals surface area contributed by atoms with Crippen LogP contribution < -0.4 is 15.4 Å². The summed E-state index contributed by atoms with van der Waals surface area (Å²) in [6.45, 7) is 0.568. The van der Waals surface area contributed by atoms with Crippen molar-refractivity contribution in [1.29, 1.82) is 0 Å². The van der Waals surface area contributed by atoms with E-state index in [1.165, 1.54) is 18.4 Å². The van der Waals surface area contributed by atoms with Crippen molar-refractivity contribution in [2.45, 2.75) is 50.5 Å². The Hall–Kier alpha value is -3.06. The molecule has 2 aromatic carbocycles. The zero-order valence-electron chi connectivity index (χ0n) is 18.9. The van der Waals surface area contributed by atoms with Crippen LogP contribution in [0.15, 0.2) is 42.5 Å². The molecular formula is C26H29ClN2O5. The molecule has 0 aliphatic heterocycles. The molecule has 2 aliphatic carbocycles. The fourth-order valence-corrected chi connectivity index (χ4v) is 4.50. The Kier molecular flexibility index (Phi) is 7.73. The number of carboxylic acid groups (broad SMARTS) is 1. The smallest absolute Gasteiger partial charge is 0.306 e. The minimum absolute atomic E-state index is 0.0557. The van der Waals surface area contributed by atoms with Crippen LogP contribution in [0.4, 0.5) is 0 Å². The van der Waals surface area contributed by atoms with E-state index in [-0.39, 0.29) is 35.4 Å². The van der Waals surface area contributed by atoms with Gasteiger partial charge in [0, 0.05) is 18.7 Å². The second kappa shape index (κ2) is 10.9. The molecule has 0 heterocycles. The molecule has 7 nitrogen and oxygen atoms in total. The van der Waals surface area contributed by atoms with Gasteiger partial charge in [-0.15, -0.1) is 0 Å². The number of hydrogen-bond donors (Lipinski definition) is 3. The second-order valence-electron chi connectivity index (χ2n) is 8.98. The fourth-order valence-electron chi connectivity index (χ4n) is 4.25. The predicted octanol–water partition coefficient (Wildman–Crippen LogP) is 4.40. The normalized spacial score (nSPS) is 19.8. The monoisotopic (exact) mass is 484 g/mol. The lowest BCUT2D eigenvalue weighted by molar-refractivity contribution is -0.143. The number of benzene rings is 2. The number of halogens is 1. The molecule has 2 aromatic rings. The van der Waals surface area contributed by atoms with Gasteiger partial charge in [-0.2, -0.15) is 0 Å². The molecule has 2 amide bonds. The van der Waals surface area contributed by atoms with Gasteiger partial charge in [0.05, 0.1) is 22.6 Å². The highest BCUT2D eigenvalue weighted by Gasteiger charge is 2.27. The summed E-state index contributed by atoms with van der Waals surface area (Å²) in [5.41, 5.74) is 2.21. The summed E-state index contributed by atoms with van der Waals surface area (Å²) in [4.78, 5) is 35.8. The Morgan fingerprint density at radius 3 is 2.12 bits per heavy atom. The van der Waals surface area contributed by atoms with Crippen LogP contribution in [0.1, 0.15) is 70.7 Å². The first-order chi connectivity index (χ1) is 16.4. The molecule has 0 bridgehead atoms. The van der Waals surface area contributed by atoms with Crippen LogP contribution in [0.3, 0.4) is 0 Å². The van der Waals surface area contributed by atoms with Crippen LogP contribution in [0, 0.1) is 5.92 Å². The molecule has 0 unspecified atom stereocenters. The molecule has 0 radical (unpaired) electrons. The second-order valence-corrected chi connectivity index (χ2v) is 9.39. The Morgan fingerprint density at radius 2 is 1.53 bits per heavy atom. The number of hydrogen-bond acceptors (Lipinski definition) is 4. The van der Waals surface area contributed by atoms with Crippen LogP contribution >= 0.6 is 11.6 Å². The van der Waals surface area contributed by atoms with Crippen LogP contribution in [-0.4, -0.2) is 42.1 Å². The van der Waals surface area contributed by atoms with Crippen LogP contribution in [0.2, 0.25) is 5.02 Å². The van der Waals surface area contributed by atoms with Crippen molar-refractivity contribution in [3.63, 3.8) is 0 Å². The minimum atomic E-state index is -0.751. The summed E-state index contributed by atoms with van der Waals surface area (Å²) < 4.78 is 5.93. The van der Waals surface area contributed by atoms with E-state index in [0.717, 1.165) is 0 Å². The number of carboxylic acids is 1. The zero-order chi connectivity index (χ0) is 24.1. The number of rotatable bonds is 9. The van der Waals surface area contributed by atoms with Gasteiger partial charge < -0.3 is 20.5 Å². The number of carbonyl (C=O) groups is 3. The molecule has 4 rings (SSSR count). The number of amides is 2. The van der Waals surface area contributed by atoms with Crippen molar-refractivity contribution in [1.82, 2.24) is 10.6 Å². The number of nitrogens with one attached hydrogen (secondary N) is 2. The van der Waals surface area contributed by atoms with E-state index in [4.69, 9.17) is 21.4 Å². The van der Waals surface area contributed by atoms with E-state index in [1.54, 1.807) is 18.2 Å².